The van der Waals surface area contributed by atoms with Gasteiger partial charge in [-0.2, -0.15) is 0 Å². The average Bonchev–Trinajstić information content (AvgIpc) is 2.36. The van der Waals surface area contributed by atoms with Gasteiger partial charge < -0.3 is 5.32 Å². The van der Waals surface area contributed by atoms with Gasteiger partial charge in [-0.3, -0.25) is 0 Å². The molecule has 18 heavy (non-hydrogen) atoms. The van der Waals surface area contributed by atoms with E-state index >= 15 is 0 Å². The summed E-state index contributed by atoms with van der Waals surface area (Å²) in [6, 6.07) is 9.55. The first kappa shape index (κ1) is 14.1. The maximum Gasteiger partial charge on any atom is 0.0178 e. The van der Waals surface area contributed by atoms with Crippen LogP contribution in [0.4, 0.5) is 0 Å². The molecule has 1 fully saturated rings. The van der Waals surface area contributed by atoms with Gasteiger partial charge in [0.1, 0.15) is 0 Å². The summed E-state index contributed by atoms with van der Waals surface area (Å²) in [4.78, 5) is 0. The standard InChI is InChI=1S/C16H24BrN/c1-4-9-18-16-11(3)15(14(16)5-2)12-7-6-8-13(17)10-12/h6-8,10-11,14-16,18H,4-5,9H2,1-3H3. The van der Waals surface area contributed by atoms with Crippen LogP contribution in [0.1, 0.15) is 45.1 Å². The molecule has 1 aliphatic carbocycles. The lowest BCUT2D eigenvalue weighted by atomic mass is 9.58. The molecule has 1 aromatic carbocycles. The van der Waals surface area contributed by atoms with Crippen LogP contribution < -0.4 is 5.32 Å². The van der Waals surface area contributed by atoms with E-state index in [1.165, 1.54) is 22.9 Å². The summed E-state index contributed by atoms with van der Waals surface area (Å²) < 4.78 is 1.20. The molecule has 0 saturated heterocycles. The maximum atomic E-state index is 3.72. The van der Waals surface area contributed by atoms with Crippen LogP contribution in [-0.2, 0) is 0 Å². The van der Waals surface area contributed by atoms with Crippen LogP contribution in [0, 0.1) is 11.8 Å². The second kappa shape index (κ2) is 6.21. The first-order chi connectivity index (χ1) is 8.69. The Morgan fingerprint density at radius 3 is 2.67 bits per heavy atom. The van der Waals surface area contributed by atoms with Crippen molar-refractivity contribution in [3.05, 3.63) is 34.3 Å². The quantitative estimate of drug-likeness (QED) is 0.839. The van der Waals surface area contributed by atoms with Crippen molar-refractivity contribution in [3.63, 3.8) is 0 Å². The van der Waals surface area contributed by atoms with Crippen LogP contribution in [0.15, 0.2) is 28.7 Å². The second-order valence-electron chi connectivity index (χ2n) is 5.49. The van der Waals surface area contributed by atoms with Gasteiger partial charge in [0.2, 0.25) is 0 Å². The molecule has 1 N–H and O–H groups in total. The number of benzene rings is 1. The predicted octanol–water partition coefficient (Wildman–Crippen LogP) is 4.58. The summed E-state index contributed by atoms with van der Waals surface area (Å²) in [5.41, 5.74) is 1.50. The smallest absolute Gasteiger partial charge is 0.0178 e. The van der Waals surface area contributed by atoms with Crippen molar-refractivity contribution < 1.29 is 0 Å². The molecule has 1 nitrogen and oxygen atoms in total. The van der Waals surface area contributed by atoms with E-state index in [1.54, 1.807) is 0 Å². The Balaban J connectivity index is 2.10. The lowest BCUT2D eigenvalue weighted by Gasteiger charge is -2.51. The minimum absolute atomic E-state index is 0.707. The molecule has 0 amide bonds. The third-order valence-electron chi connectivity index (χ3n) is 4.39. The van der Waals surface area contributed by atoms with Gasteiger partial charge >= 0.3 is 0 Å². The molecule has 2 heteroatoms. The lowest BCUT2D eigenvalue weighted by molar-refractivity contribution is 0.0787. The Kier molecular flexibility index (Phi) is 4.85. The van der Waals surface area contributed by atoms with Gasteiger partial charge in [0.15, 0.2) is 0 Å². The Morgan fingerprint density at radius 2 is 2.06 bits per heavy atom. The second-order valence-corrected chi connectivity index (χ2v) is 6.41. The monoisotopic (exact) mass is 309 g/mol. The molecule has 1 aliphatic rings. The van der Waals surface area contributed by atoms with Gasteiger partial charge in [0.05, 0.1) is 0 Å². The highest BCUT2D eigenvalue weighted by atomic mass is 79.9. The van der Waals surface area contributed by atoms with Gasteiger partial charge in [0.25, 0.3) is 0 Å². The van der Waals surface area contributed by atoms with E-state index in [4.69, 9.17) is 0 Å². The van der Waals surface area contributed by atoms with E-state index in [0.717, 1.165) is 24.3 Å². The number of halogens is 1. The molecule has 1 aromatic rings. The maximum absolute atomic E-state index is 3.72. The third-order valence-corrected chi connectivity index (χ3v) is 4.88. The zero-order valence-corrected chi connectivity index (χ0v) is 13.2. The summed E-state index contributed by atoms with van der Waals surface area (Å²) >= 11 is 3.59. The fourth-order valence-corrected chi connectivity index (χ4v) is 3.92. The average molecular weight is 310 g/mol. The molecule has 0 aliphatic heterocycles. The van der Waals surface area contributed by atoms with Gasteiger partial charge in [-0.25, -0.2) is 0 Å². The van der Waals surface area contributed by atoms with Gasteiger partial charge in [0, 0.05) is 10.5 Å². The molecule has 0 bridgehead atoms. The summed E-state index contributed by atoms with van der Waals surface area (Å²) in [7, 11) is 0. The Hall–Kier alpha value is -0.340. The van der Waals surface area contributed by atoms with E-state index in [-0.39, 0.29) is 0 Å². The van der Waals surface area contributed by atoms with Crippen molar-refractivity contribution in [1.82, 2.24) is 5.32 Å². The Labute approximate surface area is 119 Å². The van der Waals surface area contributed by atoms with Crippen molar-refractivity contribution in [2.24, 2.45) is 11.8 Å². The fourth-order valence-electron chi connectivity index (χ4n) is 3.50. The predicted molar refractivity (Wildman–Crippen MR) is 81.9 cm³/mol. The molecule has 4 atom stereocenters. The van der Waals surface area contributed by atoms with Crippen molar-refractivity contribution in [1.29, 1.82) is 0 Å². The molecule has 0 radical (unpaired) electrons. The summed E-state index contributed by atoms with van der Waals surface area (Å²) in [5.74, 6) is 2.26. The molecule has 2 rings (SSSR count). The summed E-state index contributed by atoms with van der Waals surface area (Å²) in [5, 5.41) is 3.72. The lowest BCUT2D eigenvalue weighted by Crippen LogP contribution is -2.56. The molecular weight excluding hydrogens is 286 g/mol. The van der Waals surface area contributed by atoms with Crippen LogP contribution in [0.3, 0.4) is 0 Å². The van der Waals surface area contributed by atoms with Crippen molar-refractivity contribution >= 4 is 15.9 Å². The number of rotatable bonds is 5. The number of nitrogens with one attached hydrogen (secondary N) is 1. The van der Waals surface area contributed by atoms with Gasteiger partial charge in [-0.15, -0.1) is 0 Å². The molecule has 0 heterocycles. The van der Waals surface area contributed by atoms with Crippen LogP contribution in [0.25, 0.3) is 0 Å². The van der Waals surface area contributed by atoms with Gasteiger partial charge in [-0.1, -0.05) is 55.3 Å². The van der Waals surface area contributed by atoms with Crippen LogP contribution in [0.2, 0.25) is 0 Å². The van der Waals surface area contributed by atoms with E-state index < -0.39 is 0 Å². The van der Waals surface area contributed by atoms with Crippen LogP contribution in [-0.4, -0.2) is 12.6 Å². The van der Waals surface area contributed by atoms with E-state index in [2.05, 4.69) is 66.3 Å². The molecule has 1 saturated carbocycles. The van der Waals surface area contributed by atoms with Crippen molar-refractivity contribution in [3.8, 4) is 0 Å². The zero-order valence-electron chi connectivity index (χ0n) is 11.6. The highest BCUT2D eigenvalue weighted by Crippen LogP contribution is 2.49. The van der Waals surface area contributed by atoms with E-state index in [9.17, 15) is 0 Å². The fraction of sp³-hybridized carbons (Fsp3) is 0.625. The zero-order chi connectivity index (χ0) is 13.1. The minimum Gasteiger partial charge on any atom is -0.313 e. The van der Waals surface area contributed by atoms with Crippen LogP contribution in [0.5, 0.6) is 0 Å². The number of hydrogen-bond acceptors (Lipinski definition) is 1. The third kappa shape index (κ3) is 2.65. The topological polar surface area (TPSA) is 12.0 Å². The SMILES string of the molecule is CCCNC1C(C)C(c2cccc(Br)c2)C1CC. The summed E-state index contributed by atoms with van der Waals surface area (Å²) in [6.45, 7) is 8.10. The molecule has 0 aromatic heterocycles. The summed E-state index contributed by atoms with van der Waals surface area (Å²) in [6.07, 6.45) is 2.49. The molecular formula is C16H24BrN. The van der Waals surface area contributed by atoms with Crippen molar-refractivity contribution in [2.45, 2.75) is 45.6 Å². The highest BCUT2D eigenvalue weighted by Gasteiger charge is 2.46. The van der Waals surface area contributed by atoms with E-state index in [1.807, 2.05) is 0 Å². The molecule has 4 unspecified atom stereocenters. The minimum atomic E-state index is 0.707. The van der Waals surface area contributed by atoms with Gasteiger partial charge in [-0.05, 0) is 48.4 Å². The first-order valence-electron chi connectivity index (χ1n) is 7.17. The largest absolute Gasteiger partial charge is 0.313 e. The van der Waals surface area contributed by atoms with E-state index in [0.29, 0.717) is 6.04 Å². The van der Waals surface area contributed by atoms with Crippen LogP contribution >= 0.6 is 15.9 Å². The molecule has 0 spiro atoms. The first-order valence-corrected chi connectivity index (χ1v) is 7.97. The Bertz CT molecular complexity index is 390. The Morgan fingerprint density at radius 1 is 1.28 bits per heavy atom. The normalized spacial score (nSPS) is 31.1. The highest BCUT2D eigenvalue weighted by molar-refractivity contribution is 9.10. The van der Waals surface area contributed by atoms with Crippen molar-refractivity contribution in [2.75, 3.05) is 6.54 Å². The number of hydrogen-bond donors (Lipinski definition) is 1. The molecule has 100 valence electrons.